The molecule has 2 aliphatic rings. The lowest BCUT2D eigenvalue weighted by Crippen LogP contribution is -2.61. The molecule has 0 radical (unpaired) electrons. The van der Waals surface area contributed by atoms with Crippen molar-refractivity contribution in [2.24, 2.45) is 0 Å². The molecular weight excluding hydrogens is 576 g/mol. The van der Waals surface area contributed by atoms with Crippen LogP contribution in [0.15, 0.2) is 42.5 Å². The normalized spacial score (nSPS) is 31.2. The molecular formula is C28H34O15. The van der Waals surface area contributed by atoms with Crippen molar-refractivity contribution in [2.75, 3.05) is 19.8 Å². The van der Waals surface area contributed by atoms with Gasteiger partial charge in [-0.2, -0.15) is 0 Å². The molecule has 0 bridgehead atoms. The van der Waals surface area contributed by atoms with E-state index in [-0.39, 0.29) is 36.9 Å². The first-order valence-corrected chi connectivity index (χ1v) is 13.3. The third-order valence-corrected chi connectivity index (χ3v) is 6.90. The predicted octanol–water partition coefficient (Wildman–Crippen LogP) is -1.40. The lowest BCUT2D eigenvalue weighted by Gasteiger charge is -2.42. The Morgan fingerprint density at radius 1 is 0.814 bits per heavy atom. The Morgan fingerprint density at radius 2 is 1.49 bits per heavy atom. The van der Waals surface area contributed by atoms with Crippen LogP contribution < -0.4 is 0 Å². The van der Waals surface area contributed by atoms with Crippen molar-refractivity contribution in [1.29, 1.82) is 0 Å². The first-order chi connectivity index (χ1) is 20.4. The number of hydrogen-bond acceptors (Lipinski definition) is 15. The molecule has 2 heterocycles. The van der Waals surface area contributed by atoms with Crippen LogP contribution in [0, 0.1) is 0 Å². The molecule has 0 saturated carbocycles. The maximum atomic E-state index is 12.6. The van der Waals surface area contributed by atoms with Crippen LogP contribution in [0.5, 0.6) is 23.0 Å². The van der Waals surface area contributed by atoms with Gasteiger partial charge in [0.1, 0.15) is 36.6 Å². The summed E-state index contributed by atoms with van der Waals surface area (Å²) < 4.78 is 27.5. The van der Waals surface area contributed by atoms with E-state index in [2.05, 4.69) is 0 Å². The molecule has 9 N–H and O–H groups in total. The monoisotopic (exact) mass is 610 g/mol. The zero-order chi connectivity index (χ0) is 31.3. The number of aliphatic hydroxyl groups excluding tert-OH is 5. The Hall–Kier alpha value is -3.51. The predicted molar refractivity (Wildman–Crippen MR) is 143 cm³/mol. The van der Waals surface area contributed by atoms with Gasteiger partial charge in [-0.25, -0.2) is 4.79 Å². The van der Waals surface area contributed by atoms with Gasteiger partial charge in [-0.05, 0) is 47.9 Å². The number of ether oxygens (including phenoxy) is 5. The Kier molecular flexibility index (Phi) is 10.8. The molecule has 236 valence electrons. The average molecular weight is 611 g/mol. The summed E-state index contributed by atoms with van der Waals surface area (Å²) in [5.74, 6) is -2.37. The minimum Gasteiger partial charge on any atom is -0.504 e. The van der Waals surface area contributed by atoms with Crippen molar-refractivity contribution >= 4 is 12.0 Å². The second-order valence-corrected chi connectivity index (χ2v) is 10.0. The fourth-order valence-electron chi connectivity index (χ4n) is 4.44. The standard InChI is InChI=1S/C28H34O15/c29-15-4-1-13(9-17(15)31)3-6-21(34)43-26-20(12-41-27-24(37)22(35)19(33)11-40-27)42-28(25(38)23(26)36)39-8-7-14-2-5-16(30)18(32)10-14/h1-6,9-10,19-20,22-33,35-38H,7-8,11-12H2/b6-3+/t19-,20+,22+,23+,24+,25+,26+,27-,28+/m0/s1. The summed E-state index contributed by atoms with van der Waals surface area (Å²) >= 11 is 0. The number of benzene rings is 2. The van der Waals surface area contributed by atoms with Crippen LogP contribution in [0.4, 0.5) is 0 Å². The highest BCUT2D eigenvalue weighted by molar-refractivity contribution is 5.87. The number of hydrogen-bond donors (Lipinski definition) is 9. The number of carbonyl (C=O) groups is 1. The van der Waals surface area contributed by atoms with Gasteiger partial charge in [0.15, 0.2) is 41.7 Å². The Bertz CT molecular complexity index is 1270. The van der Waals surface area contributed by atoms with E-state index in [4.69, 9.17) is 23.7 Å². The topological polar surface area (TPSA) is 245 Å². The Morgan fingerprint density at radius 3 is 2.19 bits per heavy atom. The van der Waals surface area contributed by atoms with Crippen molar-refractivity contribution in [2.45, 2.75) is 61.7 Å². The molecule has 0 spiro atoms. The number of esters is 1. The van der Waals surface area contributed by atoms with Crippen molar-refractivity contribution < 1.29 is 74.4 Å². The van der Waals surface area contributed by atoms with E-state index >= 15 is 0 Å². The molecule has 0 unspecified atom stereocenters. The maximum Gasteiger partial charge on any atom is 0.331 e. The second-order valence-electron chi connectivity index (χ2n) is 10.0. The van der Waals surface area contributed by atoms with Gasteiger partial charge in [-0.3, -0.25) is 0 Å². The summed E-state index contributed by atoms with van der Waals surface area (Å²) in [6.07, 6.45) is -11.2. The first-order valence-electron chi connectivity index (χ1n) is 13.3. The van der Waals surface area contributed by atoms with Crippen molar-refractivity contribution in [3.8, 4) is 23.0 Å². The fraction of sp³-hybridized carbons (Fsp3) is 0.464. The van der Waals surface area contributed by atoms with E-state index in [1.54, 1.807) is 6.07 Å². The summed E-state index contributed by atoms with van der Waals surface area (Å²) in [4.78, 5) is 12.6. The quantitative estimate of drug-likeness (QED) is 0.0853. The zero-order valence-electron chi connectivity index (χ0n) is 22.6. The number of rotatable bonds is 10. The van der Waals surface area contributed by atoms with Gasteiger partial charge in [0.05, 0.1) is 19.8 Å². The highest BCUT2D eigenvalue weighted by atomic mass is 16.7. The molecule has 2 aliphatic heterocycles. The summed E-state index contributed by atoms with van der Waals surface area (Å²) in [7, 11) is 0. The second kappa shape index (κ2) is 14.3. The lowest BCUT2D eigenvalue weighted by molar-refractivity contribution is -0.321. The highest BCUT2D eigenvalue weighted by Crippen LogP contribution is 2.29. The third kappa shape index (κ3) is 8.11. The molecule has 15 heteroatoms. The largest absolute Gasteiger partial charge is 0.504 e. The molecule has 43 heavy (non-hydrogen) atoms. The molecule has 0 amide bonds. The third-order valence-electron chi connectivity index (χ3n) is 6.90. The lowest BCUT2D eigenvalue weighted by atomic mass is 9.98. The van der Waals surface area contributed by atoms with Gasteiger partial charge in [-0.1, -0.05) is 12.1 Å². The van der Waals surface area contributed by atoms with Gasteiger partial charge in [0.2, 0.25) is 0 Å². The number of carbonyl (C=O) groups excluding carboxylic acids is 1. The van der Waals surface area contributed by atoms with Crippen LogP contribution in [0.25, 0.3) is 6.08 Å². The van der Waals surface area contributed by atoms with Crippen molar-refractivity contribution in [1.82, 2.24) is 0 Å². The van der Waals surface area contributed by atoms with Crippen LogP contribution in [-0.4, -0.2) is 127 Å². The van der Waals surface area contributed by atoms with E-state index < -0.39 is 73.6 Å². The average Bonchev–Trinajstić information content (AvgIpc) is 2.98. The first kappa shape index (κ1) is 32.4. The van der Waals surface area contributed by atoms with E-state index in [1.165, 1.54) is 36.4 Å². The van der Waals surface area contributed by atoms with E-state index in [1.807, 2.05) is 0 Å². The molecule has 0 aliphatic carbocycles. The Balaban J connectivity index is 1.44. The van der Waals surface area contributed by atoms with Crippen LogP contribution in [0.1, 0.15) is 11.1 Å². The minimum absolute atomic E-state index is 0.0621. The van der Waals surface area contributed by atoms with Crippen molar-refractivity contribution in [3.63, 3.8) is 0 Å². The van der Waals surface area contributed by atoms with Crippen LogP contribution in [-0.2, 0) is 34.9 Å². The van der Waals surface area contributed by atoms with E-state index in [9.17, 15) is 50.8 Å². The number of phenols is 4. The SMILES string of the molecule is O=C(/C=C/c1ccc(O)c(O)c1)O[C@H]1[C@H](O)[C@@H](O)[C@H](OCCc2ccc(O)c(O)c2)O[C@@H]1CO[C@@H]1OC[C@H](O)[C@@H](O)[C@H]1O. The van der Waals surface area contributed by atoms with Gasteiger partial charge < -0.3 is 69.6 Å². The molecule has 2 aromatic carbocycles. The molecule has 2 aromatic rings. The maximum absolute atomic E-state index is 12.6. The van der Waals surface area contributed by atoms with Crippen LogP contribution >= 0.6 is 0 Å². The van der Waals surface area contributed by atoms with Gasteiger partial charge in [0.25, 0.3) is 0 Å². The fourth-order valence-corrected chi connectivity index (χ4v) is 4.44. The molecule has 0 aromatic heterocycles. The van der Waals surface area contributed by atoms with Crippen LogP contribution in [0.3, 0.4) is 0 Å². The number of aliphatic hydroxyl groups is 5. The molecule has 2 fully saturated rings. The van der Waals surface area contributed by atoms with E-state index in [0.717, 1.165) is 6.08 Å². The number of phenolic OH excluding ortho intramolecular Hbond substituents is 4. The molecule has 15 nitrogen and oxygen atoms in total. The summed E-state index contributed by atoms with van der Waals surface area (Å²) in [5, 5.41) is 89.6. The van der Waals surface area contributed by atoms with Gasteiger partial charge in [-0.15, -0.1) is 0 Å². The molecule has 2 saturated heterocycles. The molecule has 4 rings (SSSR count). The molecule has 9 atom stereocenters. The summed E-state index contributed by atoms with van der Waals surface area (Å²) in [6.45, 7) is -0.898. The smallest absolute Gasteiger partial charge is 0.331 e. The zero-order valence-corrected chi connectivity index (χ0v) is 22.6. The highest BCUT2D eigenvalue weighted by Gasteiger charge is 2.48. The van der Waals surface area contributed by atoms with Gasteiger partial charge >= 0.3 is 5.97 Å². The minimum atomic E-state index is -1.75. The summed E-state index contributed by atoms with van der Waals surface area (Å²) in [6, 6.07) is 7.99. The number of aromatic hydroxyl groups is 4. The van der Waals surface area contributed by atoms with Crippen molar-refractivity contribution in [3.05, 3.63) is 53.6 Å². The van der Waals surface area contributed by atoms with Gasteiger partial charge in [0, 0.05) is 6.08 Å². The summed E-state index contributed by atoms with van der Waals surface area (Å²) in [5.41, 5.74) is 0.929. The Labute approximate surface area is 245 Å². The van der Waals surface area contributed by atoms with Crippen LogP contribution in [0.2, 0.25) is 0 Å². The van der Waals surface area contributed by atoms with E-state index in [0.29, 0.717) is 11.1 Å².